The first-order chi connectivity index (χ1) is 12.1. The molecule has 1 fully saturated rings. The molecule has 150 valence electrons. The number of aromatic nitrogens is 1. The Morgan fingerprint density at radius 1 is 1.26 bits per heavy atom. The highest BCUT2D eigenvalue weighted by Gasteiger charge is 2.39. The number of thiazole rings is 1. The third-order valence-electron chi connectivity index (χ3n) is 4.73. The Morgan fingerprint density at radius 3 is 2.56 bits per heavy atom. The summed E-state index contributed by atoms with van der Waals surface area (Å²) in [5.74, 6) is -0.00643. The lowest BCUT2D eigenvalue weighted by atomic mass is 9.91. The summed E-state index contributed by atoms with van der Waals surface area (Å²) in [7, 11) is 1.63. The number of amides is 1. The van der Waals surface area contributed by atoms with Crippen LogP contribution in [0.2, 0.25) is 0 Å². The summed E-state index contributed by atoms with van der Waals surface area (Å²) in [6.45, 7) is 4.30. The second kappa shape index (κ2) is 11.0. The van der Waals surface area contributed by atoms with Crippen LogP contribution in [0.5, 0.6) is 0 Å². The van der Waals surface area contributed by atoms with Crippen LogP contribution in [0, 0.1) is 6.92 Å². The summed E-state index contributed by atoms with van der Waals surface area (Å²) in [4.78, 5) is 18.5. The lowest BCUT2D eigenvalue weighted by Crippen LogP contribution is -2.54. The summed E-state index contributed by atoms with van der Waals surface area (Å²) < 4.78 is 5.56. The van der Waals surface area contributed by atoms with Crippen LogP contribution in [0.15, 0.2) is 30.3 Å². The molecule has 1 saturated heterocycles. The van der Waals surface area contributed by atoms with Gasteiger partial charge < -0.3 is 15.4 Å². The van der Waals surface area contributed by atoms with Crippen molar-refractivity contribution in [1.29, 1.82) is 0 Å². The molecule has 27 heavy (non-hydrogen) atoms. The third-order valence-corrected chi connectivity index (χ3v) is 5.76. The molecule has 2 heterocycles. The van der Waals surface area contributed by atoms with E-state index in [-0.39, 0.29) is 30.7 Å². The van der Waals surface area contributed by atoms with Gasteiger partial charge in [-0.1, -0.05) is 30.3 Å². The van der Waals surface area contributed by atoms with Crippen LogP contribution < -0.4 is 10.6 Å². The molecule has 1 aliphatic rings. The van der Waals surface area contributed by atoms with Crippen molar-refractivity contribution in [3.8, 4) is 11.3 Å². The van der Waals surface area contributed by atoms with Gasteiger partial charge in [0.25, 0.3) is 5.91 Å². The number of carbonyl (C=O) groups is 1. The van der Waals surface area contributed by atoms with E-state index >= 15 is 0 Å². The highest BCUT2D eigenvalue weighted by atomic mass is 35.5. The quantitative estimate of drug-likeness (QED) is 0.735. The summed E-state index contributed by atoms with van der Waals surface area (Å²) in [5, 5.41) is 7.35. The number of nitrogens with zero attached hydrogens (tertiary/aromatic N) is 1. The van der Waals surface area contributed by atoms with Crippen LogP contribution in [-0.2, 0) is 16.0 Å². The molecule has 3 rings (SSSR count). The van der Waals surface area contributed by atoms with Gasteiger partial charge in [0.05, 0.1) is 10.7 Å². The lowest BCUT2D eigenvalue weighted by Gasteiger charge is -2.34. The molecule has 0 spiro atoms. The zero-order valence-electron chi connectivity index (χ0n) is 15.6. The van der Waals surface area contributed by atoms with Crippen LogP contribution in [0.1, 0.15) is 22.7 Å². The van der Waals surface area contributed by atoms with Gasteiger partial charge in [-0.25, -0.2) is 4.98 Å². The molecule has 0 saturated carbocycles. The normalized spacial score (nSPS) is 15.3. The number of ether oxygens (including phenoxy) is 1. The molecule has 2 N–H and O–H groups in total. The van der Waals surface area contributed by atoms with Gasteiger partial charge in [0.15, 0.2) is 0 Å². The van der Waals surface area contributed by atoms with Crippen molar-refractivity contribution in [2.45, 2.75) is 31.8 Å². The molecule has 0 bridgehead atoms. The maximum absolute atomic E-state index is 12.6. The van der Waals surface area contributed by atoms with Crippen molar-refractivity contribution in [1.82, 2.24) is 15.6 Å². The van der Waals surface area contributed by atoms with Gasteiger partial charge in [0.2, 0.25) is 0 Å². The van der Waals surface area contributed by atoms with E-state index in [0.717, 1.165) is 35.8 Å². The average Bonchev–Trinajstić information content (AvgIpc) is 3.03. The van der Waals surface area contributed by atoms with Gasteiger partial charge >= 0.3 is 0 Å². The Bertz CT molecular complexity index is 719. The van der Waals surface area contributed by atoms with E-state index in [0.29, 0.717) is 19.4 Å². The number of aryl methyl sites for hydroxylation is 1. The summed E-state index contributed by atoms with van der Waals surface area (Å²) in [6, 6.07) is 10.2. The van der Waals surface area contributed by atoms with Gasteiger partial charge in [0.1, 0.15) is 5.60 Å². The largest absolute Gasteiger partial charge is 0.368 e. The number of benzene rings is 1. The number of halogens is 2. The third kappa shape index (κ3) is 5.65. The Balaban J connectivity index is 0.00000182. The fraction of sp³-hybridized carbons (Fsp3) is 0.474. The summed E-state index contributed by atoms with van der Waals surface area (Å²) in [5.41, 5.74) is 1.50. The average molecular weight is 432 g/mol. The van der Waals surface area contributed by atoms with E-state index in [2.05, 4.69) is 29.7 Å². The standard InChI is InChI=1S/C19H25N3O2S.2ClH/c1-14-17(15-6-4-3-5-7-15)22-16(25-14)8-11-21-18(23)19(24-2)9-12-20-13-10-19;;/h3-7,20H,8-13H2,1-2H3,(H,21,23);2*1H. The number of carbonyl (C=O) groups excluding carboxylic acids is 1. The number of piperidine rings is 1. The molecule has 8 heteroatoms. The molecule has 2 aromatic rings. The van der Waals surface area contributed by atoms with Crippen LogP contribution in [0.4, 0.5) is 0 Å². The zero-order valence-corrected chi connectivity index (χ0v) is 18.1. The Morgan fingerprint density at radius 2 is 1.93 bits per heavy atom. The minimum atomic E-state index is -0.681. The van der Waals surface area contributed by atoms with Gasteiger partial charge in [-0.3, -0.25) is 4.79 Å². The van der Waals surface area contributed by atoms with Crippen molar-refractivity contribution in [2.75, 3.05) is 26.7 Å². The monoisotopic (exact) mass is 431 g/mol. The zero-order chi connectivity index (χ0) is 17.7. The number of methoxy groups -OCH3 is 1. The van der Waals surface area contributed by atoms with Crippen molar-refractivity contribution in [3.05, 3.63) is 40.2 Å². The number of nitrogens with one attached hydrogen (secondary N) is 2. The second-order valence-electron chi connectivity index (χ2n) is 6.33. The molecule has 0 aliphatic carbocycles. The molecule has 1 aromatic carbocycles. The first-order valence-electron chi connectivity index (χ1n) is 8.70. The molecule has 1 aromatic heterocycles. The molecule has 0 unspecified atom stereocenters. The predicted molar refractivity (Wildman–Crippen MR) is 115 cm³/mol. The van der Waals surface area contributed by atoms with E-state index in [1.807, 2.05) is 18.2 Å². The van der Waals surface area contributed by atoms with Crippen LogP contribution in [0.3, 0.4) is 0 Å². The van der Waals surface area contributed by atoms with Crippen molar-refractivity contribution >= 4 is 42.1 Å². The van der Waals surface area contributed by atoms with Crippen LogP contribution >= 0.6 is 36.2 Å². The van der Waals surface area contributed by atoms with Crippen molar-refractivity contribution in [3.63, 3.8) is 0 Å². The SMILES string of the molecule is COC1(C(=O)NCCc2nc(-c3ccccc3)c(C)s2)CCNCC1.Cl.Cl. The summed E-state index contributed by atoms with van der Waals surface area (Å²) >= 11 is 1.70. The Labute approximate surface area is 177 Å². The molecule has 0 radical (unpaired) electrons. The maximum atomic E-state index is 12.6. The predicted octanol–water partition coefficient (Wildman–Crippen LogP) is 3.39. The molecular weight excluding hydrogens is 405 g/mol. The van der Waals surface area contributed by atoms with Crippen LogP contribution in [0.25, 0.3) is 11.3 Å². The van der Waals surface area contributed by atoms with Crippen molar-refractivity contribution in [2.24, 2.45) is 0 Å². The first kappa shape index (κ1) is 23.9. The minimum absolute atomic E-state index is 0. The molecule has 5 nitrogen and oxygen atoms in total. The molecule has 1 aliphatic heterocycles. The van der Waals surface area contributed by atoms with Gasteiger partial charge in [-0.2, -0.15) is 0 Å². The summed E-state index contributed by atoms with van der Waals surface area (Å²) in [6.07, 6.45) is 2.16. The van der Waals surface area contributed by atoms with Crippen molar-refractivity contribution < 1.29 is 9.53 Å². The van der Waals surface area contributed by atoms with E-state index in [1.165, 1.54) is 4.88 Å². The Hall–Kier alpha value is -1.18. The Kier molecular flexibility index (Phi) is 9.70. The van der Waals surface area contributed by atoms with E-state index in [9.17, 15) is 4.79 Å². The van der Waals surface area contributed by atoms with Gasteiger partial charge in [-0.15, -0.1) is 36.2 Å². The number of hydrogen-bond donors (Lipinski definition) is 2. The van der Waals surface area contributed by atoms with E-state index in [1.54, 1.807) is 18.4 Å². The molecular formula is C19H27Cl2N3O2S. The second-order valence-corrected chi connectivity index (χ2v) is 7.62. The van der Waals surface area contributed by atoms with E-state index in [4.69, 9.17) is 9.72 Å². The first-order valence-corrected chi connectivity index (χ1v) is 9.52. The highest BCUT2D eigenvalue weighted by molar-refractivity contribution is 7.12. The molecule has 0 atom stereocenters. The fourth-order valence-corrected chi connectivity index (χ4v) is 4.18. The highest BCUT2D eigenvalue weighted by Crippen LogP contribution is 2.27. The van der Waals surface area contributed by atoms with Crippen LogP contribution in [-0.4, -0.2) is 43.2 Å². The van der Waals surface area contributed by atoms with Gasteiger partial charge in [0, 0.05) is 30.5 Å². The minimum Gasteiger partial charge on any atom is -0.368 e. The number of hydrogen-bond acceptors (Lipinski definition) is 5. The number of rotatable bonds is 6. The fourth-order valence-electron chi connectivity index (χ4n) is 3.22. The van der Waals surface area contributed by atoms with Gasteiger partial charge in [-0.05, 0) is 32.9 Å². The van der Waals surface area contributed by atoms with E-state index < -0.39 is 5.60 Å². The maximum Gasteiger partial charge on any atom is 0.252 e. The lowest BCUT2D eigenvalue weighted by molar-refractivity contribution is -0.146. The smallest absolute Gasteiger partial charge is 0.252 e. The molecule has 1 amide bonds. The topological polar surface area (TPSA) is 63.2 Å².